The van der Waals surface area contributed by atoms with Gasteiger partial charge in [0.25, 0.3) is 0 Å². The monoisotopic (exact) mass is 220 g/mol. The highest BCUT2D eigenvalue weighted by Gasteiger charge is 2.21. The molecule has 0 aromatic rings. The third-order valence-electron chi connectivity index (χ3n) is 2.74. The number of rotatable bonds is 4. The first kappa shape index (κ1) is 11.9. The van der Waals surface area contributed by atoms with E-state index in [1.165, 1.54) is 6.26 Å². The fraction of sp³-hybridized carbons (Fsp3) is 1.00. The van der Waals surface area contributed by atoms with Crippen LogP contribution in [0, 0.1) is 5.92 Å². The van der Waals surface area contributed by atoms with Crippen molar-refractivity contribution < 1.29 is 8.42 Å². The van der Waals surface area contributed by atoms with Gasteiger partial charge in [0.05, 0.1) is 6.26 Å². The van der Waals surface area contributed by atoms with Gasteiger partial charge in [-0.05, 0) is 31.8 Å². The lowest BCUT2D eigenvalue weighted by atomic mass is 9.98. The van der Waals surface area contributed by atoms with Gasteiger partial charge >= 0.3 is 0 Å². The molecule has 1 rings (SSSR count). The smallest absolute Gasteiger partial charge is 0.211 e. The molecule has 0 aromatic heterocycles. The fourth-order valence-electron chi connectivity index (χ4n) is 1.85. The summed E-state index contributed by atoms with van der Waals surface area (Å²) in [5, 5.41) is 3.28. The van der Waals surface area contributed by atoms with E-state index in [1.54, 1.807) is 4.31 Å². The third-order valence-corrected chi connectivity index (χ3v) is 4.09. The molecule has 0 bridgehead atoms. The standard InChI is InChI=1S/C9H20N2O2S/c1-3-11(14(2,12)13)8-9-4-6-10-7-5-9/h9-10H,3-8H2,1-2H3. The van der Waals surface area contributed by atoms with E-state index in [1.807, 2.05) is 6.92 Å². The van der Waals surface area contributed by atoms with Crippen LogP contribution in [0.2, 0.25) is 0 Å². The average molecular weight is 220 g/mol. The van der Waals surface area contributed by atoms with Crippen molar-refractivity contribution in [2.45, 2.75) is 19.8 Å². The van der Waals surface area contributed by atoms with Crippen molar-refractivity contribution in [3.05, 3.63) is 0 Å². The molecule has 0 unspecified atom stereocenters. The minimum absolute atomic E-state index is 0.533. The van der Waals surface area contributed by atoms with Crippen molar-refractivity contribution in [1.29, 1.82) is 0 Å². The second-order valence-corrected chi connectivity index (χ2v) is 5.89. The van der Waals surface area contributed by atoms with E-state index in [9.17, 15) is 8.42 Å². The molecule has 1 aliphatic rings. The number of sulfonamides is 1. The summed E-state index contributed by atoms with van der Waals surface area (Å²) in [6, 6.07) is 0. The molecule has 0 saturated carbocycles. The van der Waals surface area contributed by atoms with E-state index in [4.69, 9.17) is 0 Å². The molecule has 0 spiro atoms. The Labute approximate surface area is 86.7 Å². The Balaban J connectivity index is 2.47. The highest BCUT2D eigenvalue weighted by atomic mass is 32.2. The zero-order valence-electron chi connectivity index (χ0n) is 8.99. The summed E-state index contributed by atoms with van der Waals surface area (Å²) in [5.74, 6) is 0.533. The predicted molar refractivity (Wildman–Crippen MR) is 57.7 cm³/mol. The largest absolute Gasteiger partial charge is 0.317 e. The maximum Gasteiger partial charge on any atom is 0.211 e. The Bertz CT molecular complexity index is 258. The Morgan fingerprint density at radius 2 is 1.93 bits per heavy atom. The summed E-state index contributed by atoms with van der Waals surface area (Å²) in [7, 11) is -3.00. The first-order chi connectivity index (χ1) is 6.54. The third kappa shape index (κ3) is 3.55. The normalized spacial score (nSPS) is 20.2. The summed E-state index contributed by atoms with van der Waals surface area (Å²) >= 11 is 0. The zero-order chi connectivity index (χ0) is 10.6. The van der Waals surface area contributed by atoms with Crippen LogP contribution in [-0.4, -0.2) is 45.2 Å². The second kappa shape index (κ2) is 5.09. The van der Waals surface area contributed by atoms with Gasteiger partial charge in [0.15, 0.2) is 0 Å². The van der Waals surface area contributed by atoms with Crippen LogP contribution in [0.25, 0.3) is 0 Å². The first-order valence-electron chi connectivity index (χ1n) is 5.20. The topological polar surface area (TPSA) is 49.4 Å². The Morgan fingerprint density at radius 1 is 1.36 bits per heavy atom. The lowest BCUT2D eigenvalue weighted by Crippen LogP contribution is -2.38. The van der Waals surface area contributed by atoms with Crippen molar-refractivity contribution in [2.75, 3.05) is 32.4 Å². The van der Waals surface area contributed by atoms with Gasteiger partial charge in [0.1, 0.15) is 0 Å². The van der Waals surface area contributed by atoms with Crippen molar-refractivity contribution in [3.8, 4) is 0 Å². The number of nitrogens with one attached hydrogen (secondary N) is 1. The molecule has 1 aliphatic heterocycles. The Kier molecular flexibility index (Phi) is 4.34. The van der Waals surface area contributed by atoms with Crippen LogP contribution in [-0.2, 0) is 10.0 Å². The summed E-state index contributed by atoms with van der Waals surface area (Å²) in [6.45, 7) is 5.21. The summed E-state index contributed by atoms with van der Waals surface area (Å²) in [6.07, 6.45) is 3.47. The summed E-state index contributed by atoms with van der Waals surface area (Å²) < 4.78 is 24.3. The first-order valence-corrected chi connectivity index (χ1v) is 7.04. The van der Waals surface area contributed by atoms with Gasteiger partial charge in [-0.1, -0.05) is 6.92 Å². The molecule has 5 heteroatoms. The van der Waals surface area contributed by atoms with E-state index < -0.39 is 10.0 Å². The summed E-state index contributed by atoms with van der Waals surface area (Å²) in [4.78, 5) is 0. The van der Waals surface area contributed by atoms with Crippen molar-refractivity contribution >= 4 is 10.0 Å². The molecule has 0 atom stereocenters. The van der Waals surface area contributed by atoms with Crippen LogP contribution in [0.15, 0.2) is 0 Å². The molecule has 1 heterocycles. The number of hydrogen-bond acceptors (Lipinski definition) is 3. The highest BCUT2D eigenvalue weighted by Crippen LogP contribution is 2.14. The molecular formula is C9H20N2O2S. The molecule has 84 valence electrons. The van der Waals surface area contributed by atoms with E-state index in [0.717, 1.165) is 25.9 Å². The molecule has 0 aromatic carbocycles. The molecular weight excluding hydrogens is 200 g/mol. The maximum absolute atomic E-state index is 11.3. The average Bonchev–Trinajstić information content (AvgIpc) is 2.14. The van der Waals surface area contributed by atoms with Gasteiger partial charge < -0.3 is 5.32 Å². The van der Waals surface area contributed by atoms with Gasteiger partial charge in [-0.2, -0.15) is 0 Å². The molecule has 0 aliphatic carbocycles. The molecule has 4 nitrogen and oxygen atoms in total. The Morgan fingerprint density at radius 3 is 2.36 bits per heavy atom. The Hall–Kier alpha value is -0.130. The van der Waals surface area contributed by atoms with Crippen LogP contribution in [0.1, 0.15) is 19.8 Å². The van der Waals surface area contributed by atoms with Crippen LogP contribution in [0.3, 0.4) is 0 Å². The highest BCUT2D eigenvalue weighted by molar-refractivity contribution is 7.88. The van der Waals surface area contributed by atoms with Gasteiger partial charge in [0.2, 0.25) is 10.0 Å². The minimum Gasteiger partial charge on any atom is -0.317 e. The number of nitrogens with zero attached hydrogens (tertiary/aromatic N) is 1. The molecule has 14 heavy (non-hydrogen) atoms. The van der Waals surface area contributed by atoms with Gasteiger partial charge in [0, 0.05) is 13.1 Å². The SMILES string of the molecule is CCN(CC1CCNCC1)S(C)(=O)=O. The lowest BCUT2D eigenvalue weighted by Gasteiger charge is -2.27. The van der Waals surface area contributed by atoms with Crippen LogP contribution in [0.4, 0.5) is 0 Å². The predicted octanol–water partition coefficient (Wildman–Crippen LogP) is 0.267. The molecule has 0 radical (unpaired) electrons. The molecule has 1 fully saturated rings. The van der Waals surface area contributed by atoms with E-state index in [0.29, 0.717) is 19.0 Å². The lowest BCUT2D eigenvalue weighted by molar-refractivity contribution is 0.295. The zero-order valence-corrected chi connectivity index (χ0v) is 9.81. The van der Waals surface area contributed by atoms with E-state index in [-0.39, 0.29) is 0 Å². The van der Waals surface area contributed by atoms with Crippen LogP contribution in [0.5, 0.6) is 0 Å². The molecule has 1 N–H and O–H groups in total. The van der Waals surface area contributed by atoms with Crippen LogP contribution < -0.4 is 5.32 Å². The second-order valence-electron chi connectivity index (χ2n) is 3.91. The summed E-state index contributed by atoms with van der Waals surface area (Å²) in [5.41, 5.74) is 0. The van der Waals surface area contributed by atoms with Gasteiger partial charge in [-0.15, -0.1) is 0 Å². The number of piperidine rings is 1. The van der Waals surface area contributed by atoms with Crippen molar-refractivity contribution in [2.24, 2.45) is 5.92 Å². The van der Waals surface area contributed by atoms with Gasteiger partial charge in [-0.3, -0.25) is 0 Å². The molecule has 1 saturated heterocycles. The van der Waals surface area contributed by atoms with E-state index >= 15 is 0 Å². The van der Waals surface area contributed by atoms with Crippen molar-refractivity contribution in [3.63, 3.8) is 0 Å². The van der Waals surface area contributed by atoms with E-state index in [2.05, 4.69) is 5.32 Å². The van der Waals surface area contributed by atoms with Crippen LogP contribution >= 0.6 is 0 Å². The molecule has 0 amide bonds. The minimum atomic E-state index is -3.00. The van der Waals surface area contributed by atoms with Gasteiger partial charge in [-0.25, -0.2) is 12.7 Å². The van der Waals surface area contributed by atoms with Crippen molar-refractivity contribution in [1.82, 2.24) is 9.62 Å². The maximum atomic E-state index is 11.3. The quantitative estimate of drug-likeness (QED) is 0.740. The fourth-order valence-corrected chi connectivity index (χ4v) is 2.80. The number of hydrogen-bond donors (Lipinski definition) is 1.